The molecule has 0 amide bonds. The number of hydrogen-bond acceptors (Lipinski definition) is 5. The molecule has 1 aliphatic rings. The van der Waals surface area contributed by atoms with Crippen LogP contribution >= 0.6 is 11.3 Å². The van der Waals surface area contributed by atoms with Crippen molar-refractivity contribution in [1.82, 2.24) is 10.3 Å². The lowest BCUT2D eigenvalue weighted by atomic mass is 9.56. The molecule has 1 aromatic heterocycles. The highest BCUT2D eigenvalue weighted by atomic mass is 32.1. The Balaban J connectivity index is 1.83. The average molecular weight is 284 g/mol. The van der Waals surface area contributed by atoms with E-state index in [4.69, 9.17) is 4.74 Å². The molecule has 0 bridgehead atoms. The van der Waals surface area contributed by atoms with Crippen LogP contribution in [0.5, 0.6) is 0 Å². The maximum atomic E-state index is 10.7. The van der Waals surface area contributed by atoms with Crippen LogP contribution in [0.3, 0.4) is 0 Å². The molecule has 4 nitrogen and oxygen atoms in total. The van der Waals surface area contributed by atoms with Crippen LogP contribution in [0.2, 0.25) is 0 Å². The zero-order valence-corrected chi connectivity index (χ0v) is 13.0. The van der Waals surface area contributed by atoms with E-state index in [1.807, 2.05) is 20.0 Å². The number of rotatable bonds is 6. The molecule has 1 aromatic rings. The van der Waals surface area contributed by atoms with E-state index in [1.54, 1.807) is 11.3 Å². The first kappa shape index (κ1) is 14.9. The summed E-state index contributed by atoms with van der Waals surface area (Å²) >= 11 is 1.69. The van der Waals surface area contributed by atoms with Crippen molar-refractivity contribution in [2.24, 2.45) is 5.41 Å². The number of aromatic nitrogens is 1. The van der Waals surface area contributed by atoms with Gasteiger partial charge in [-0.3, -0.25) is 0 Å². The molecule has 0 spiro atoms. The molecule has 0 aromatic carbocycles. The van der Waals surface area contributed by atoms with E-state index in [-0.39, 0.29) is 11.5 Å². The predicted molar refractivity (Wildman–Crippen MR) is 77.3 cm³/mol. The van der Waals surface area contributed by atoms with E-state index >= 15 is 0 Å². The SMILES string of the molecule is CCO[C@H]1C[C@@](O)(CNCc2cnc(C)s2)C1(C)C. The normalized spacial score (nSPS) is 29.2. The second-order valence-electron chi connectivity index (χ2n) is 5.85. The molecule has 1 fully saturated rings. The fourth-order valence-electron chi connectivity index (χ4n) is 2.64. The molecule has 1 aliphatic carbocycles. The van der Waals surface area contributed by atoms with Gasteiger partial charge in [-0.15, -0.1) is 11.3 Å². The first-order chi connectivity index (χ1) is 8.89. The third-order valence-corrected chi connectivity index (χ3v) is 5.19. The first-order valence-electron chi connectivity index (χ1n) is 6.85. The zero-order valence-electron chi connectivity index (χ0n) is 12.2. The van der Waals surface area contributed by atoms with Gasteiger partial charge >= 0.3 is 0 Å². The summed E-state index contributed by atoms with van der Waals surface area (Å²) in [5.74, 6) is 0. The minimum atomic E-state index is -0.674. The largest absolute Gasteiger partial charge is 0.388 e. The summed E-state index contributed by atoms with van der Waals surface area (Å²) in [6.45, 7) is 10.2. The molecule has 2 rings (SSSR count). The van der Waals surface area contributed by atoms with Gasteiger partial charge in [0.15, 0.2) is 0 Å². The van der Waals surface area contributed by atoms with E-state index in [0.717, 1.165) is 11.6 Å². The van der Waals surface area contributed by atoms with Gasteiger partial charge in [0.05, 0.1) is 16.7 Å². The smallest absolute Gasteiger partial charge is 0.0897 e. The zero-order chi connectivity index (χ0) is 14.1. The van der Waals surface area contributed by atoms with Crippen molar-refractivity contribution in [1.29, 1.82) is 0 Å². The standard InChI is InChI=1S/C14H24N2O2S/c1-5-18-12-6-14(17,13(12,3)4)9-15-7-11-8-16-10(2)19-11/h8,12,15,17H,5-7,9H2,1-4H3/t12-,14+/m0/s1. The highest BCUT2D eigenvalue weighted by Crippen LogP contribution is 2.50. The van der Waals surface area contributed by atoms with Crippen LogP contribution in [0, 0.1) is 12.3 Å². The molecule has 1 saturated carbocycles. The van der Waals surface area contributed by atoms with Crippen LogP contribution in [0.1, 0.15) is 37.1 Å². The number of hydrogen-bond donors (Lipinski definition) is 2. The summed E-state index contributed by atoms with van der Waals surface area (Å²) in [6, 6.07) is 0. The van der Waals surface area contributed by atoms with Crippen LogP contribution in [-0.4, -0.2) is 34.9 Å². The summed E-state index contributed by atoms with van der Waals surface area (Å²) in [5, 5.41) is 15.1. The monoisotopic (exact) mass is 284 g/mol. The number of ether oxygens (including phenoxy) is 1. The van der Waals surface area contributed by atoms with Crippen LogP contribution < -0.4 is 5.32 Å². The van der Waals surface area contributed by atoms with E-state index < -0.39 is 5.60 Å². The highest BCUT2D eigenvalue weighted by molar-refractivity contribution is 7.11. The fraction of sp³-hybridized carbons (Fsp3) is 0.786. The van der Waals surface area contributed by atoms with Gasteiger partial charge in [-0.1, -0.05) is 13.8 Å². The van der Waals surface area contributed by atoms with Gasteiger partial charge in [-0.05, 0) is 13.8 Å². The van der Waals surface area contributed by atoms with Crippen LogP contribution in [-0.2, 0) is 11.3 Å². The molecule has 2 atom stereocenters. The molecule has 2 N–H and O–H groups in total. The van der Waals surface area contributed by atoms with Crippen molar-refractivity contribution in [2.45, 2.75) is 52.4 Å². The Kier molecular flexibility index (Phi) is 4.30. The molecule has 0 saturated heterocycles. The van der Waals surface area contributed by atoms with Crippen molar-refractivity contribution in [3.05, 3.63) is 16.1 Å². The number of aryl methyl sites for hydroxylation is 1. The third-order valence-electron chi connectivity index (χ3n) is 4.28. The maximum absolute atomic E-state index is 10.7. The Morgan fingerprint density at radius 1 is 1.58 bits per heavy atom. The van der Waals surface area contributed by atoms with Gasteiger partial charge in [0.2, 0.25) is 0 Å². The molecule has 0 unspecified atom stereocenters. The molecule has 5 heteroatoms. The Morgan fingerprint density at radius 2 is 2.32 bits per heavy atom. The van der Waals surface area contributed by atoms with Crippen molar-refractivity contribution < 1.29 is 9.84 Å². The number of nitrogens with one attached hydrogen (secondary N) is 1. The lowest BCUT2D eigenvalue weighted by Crippen LogP contribution is -2.68. The molecule has 1 heterocycles. The van der Waals surface area contributed by atoms with Gasteiger partial charge in [-0.25, -0.2) is 4.98 Å². The average Bonchev–Trinajstić information content (AvgIpc) is 2.75. The van der Waals surface area contributed by atoms with Gasteiger partial charge in [0, 0.05) is 42.6 Å². The summed E-state index contributed by atoms with van der Waals surface area (Å²) in [5.41, 5.74) is -0.869. The van der Waals surface area contributed by atoms with Crippen LogP contribution in [0.4, 0.5) is 0 Å². The Hall–Kier alpha value is -0.490. The van der Waals surface area contributed by atoms with Gasteiger partial charge in [-0.2, -0.15) is 0 Å². The van der Waals surface area contributed by atoms with Crippen molar-refractivity contribution >= 4 is 11.3 Å². The van der Waals surface area contributed by atoms with E-state index in [1.165, 1.54) is 4.88 Å². The Bertz CT molecular complexity index is 433. The lowest BCUT2D eigenvalue weighted by molar-refractivity contribution is -0.238. The van der Waals surface area contributed by atoms with Crippen LogP contribution in [0.25, 0.3) is 0 Å². The third kappa shape index (κ3) is 2.84. The van der Waals surface area contributed by atoms with Crippen molar-refractivity contribution in [2.75, 3.05) is 13.2 Å². The number of thiazole rings is 1. The first-order valence-corrected chi connectivity index (χ1v) is 7.67. The van der Waals surface area contributed by atoms with E-state index in [0.29, 0.717) is 19.6 Å². The molecular weight excluding hydrogens is 260 g/mol. The molecule has 108 valence electrons. The van der Waals surface area contributed by atoms with Crippen molar-refractivity contribution in [3.8, 4) is 0 Å². The molecular formula is C14H24N2O2S. The maximum Gasteiger partial charge on any atom is 0.0897 e. The van der Waals surface area contributed by atoms with Gasteiger partial charge < -0.3 is 15.2 Å². The Labute approximate surface area is 119 Å². The number of aliphatic hydroxyl groups is 1. The van der Waals surface area contributed by atoms with Gasteiger partial charge in [0.25, 0.3) is 0 Å². The minimum Gasteiger partial charge on any atom is -0.388 e. The summed E-state index contributed by atoms with van der Waals surface area (Å²) < 4.78 is 5.66. The molecule has 0 aliphatic heterocycles. The topological polar surface area (TPSA) is 54.4 Å². The quantitative estimate of drug-likeness (QED) is 0.840. The minimum absolute atomic E-state index is 0.162. The fourth-order valence-corrected chi connectivity index (χ4v) is 3.41. The van der Waals surface area contributed by atoms with Crippen molar-refractivity contribution in [3.63, 3.8) is 0 Å². The lowest BCUT2D eigenvalue weighted by Gasteiger charge is -2.58. The van der Waals surface area contributed by atoms with E-state index in [9.17, 15) is 5.11 Å². The molecule has 19 heavy (non-hydrogen) atoms. The number of nitrogens with zero attached hydrogens (tertiary/aromatic N) is 1. The van der Waals surface area contributed by atoms with Crippen LogP contribution in [0.15, 0.2) is 6.20 Å². The van der Waals surface area contributed by atoms with E-state index in [2.05, 4.69) is 24.1 Å². The summed E-state index contributed by atoms with van der Waals surface area (Å²) in [4.78, 5) is 5.43. The predicted octanol–water partition coefficient (Wildman–Crippen LogP) is 2.11. The second kappa shape index (κ2) is 5.48. The Morgan fingerprint density at radius 3 is 2.84 bits per heavy atom. The summed E-state index contributed by atoms with van der Waals surface area (Å²) in [6.07, 6.45) is 2.77. The summed E-state index contributed by atoms with van der Waals surface area (Å²) in [7, 11) is 0. The molecule has 0 radical (unpaired) electrons. The van der Waals surface area contributed by atoms with Gasteiger partial charge in [0.1, 0.15) is 0 Å². The highest BCUT2D eigenvalue weighted by Gasteiger charge is 2.59. The second-order valence-corrected chi connectivity index (χ2v) is 7.17.